The monoisotopic (exact) mass is 358 g/mol. The predicted molar refractivity (Wildman–Crippen MR) is 96.9 cm³/mol. The molecule has 0 radical (unpaired) electrons. The van der Waals surface area contributed by atoms with Crippen molar-refractivity contribution in [3.8, 4) is 5.75 Å². The molecular weight excluding hydrogens is 340 g/mol. The van der Waals surface area contributed by atoms with E-state index in [1.807, 2.05) is 31.2 Å². The van der Waals surface area contributed by atoms with E-state index < -0.39 is 0 Å². The summed E-state index contributed by atoms with van der Waals surface area (Å²) in [6, 6.07) is 14.4. The molecule has 1 aliphatic rings. The number of nitrogens with one attached hydrogen (secondary N) is 1. The van der Waals surface area contributed by atoms with Gasteiger partial charge in [0.05, 0.1) is 24.8 Å². The fraction of sp³-hybridized carbons (Fsp3) is 0.263. The molecule has 0 aromatic heterocycles. The van der Waals surface area contributed by atoms with Crippen LogP contribution in [0.2, 0.25) is 5.02 Å². The Morgan fingerprint density at radius 2 is 1.96 bits per heavy atom. The highest BCUT2D eigenvalue weighted by Crippen LogP contribution is 2.30. The molecule has 0 saturated carbocycles. The maximum Gasteiger partial charge on any atom is 0.240 e. The zero-order valence-electron chi connectivity index (χ0n) is 13.9. The number of rotatable bonds is 4. The molecule has 0 spiro atoms. The van der Waals surface area contributed by atoms with Crippen LogP contribution >= 0.6 is 11.6 Å². The van der Waals surface area contributed by atoms with Crippen molar-refractivity contribution in [1.82, 2.24) is 5.32 Å². The number of para-hydroxylation sites is 2. The van der Waals surface area contributed by atoms with Crippen LogP contribution in [-0.4, -0.2) is 25.0 Å². The van der Waals surface area contributed by atoms with Crippen LogP contribution in [0.3, 0.4) is 0 Å². The molecule has 6 heteroatoms. The second-order valence-corrected chi connectivity index (χ2v) is 6.32. The number of halogens is 1. The molecule has 0 fully saturated rings. The smallest absolute Gasteiger partial charge is 0.240 e. The lowest BCUT2D eigenvalue weighted by Gasteiger charge is -2.23. The number of benzene rings is 2. The van der Waals surface area contributed by atoms with Crippen molar-refractivity contribution in [2.24, 2.45) is 0 Å². The van der Waals surface area contributed by atoms with E-state index in [0.29, 0.717) is 23.1 Å². The molecule has 2 aromatic rings. The largest absolute Gasteiger partial charge is 0.491 e. The zero-order valence-corrected chi connectivity index (χ0v) is 14.6. The number of carbonyl (C=O) groups is 2. The van der Waals surface area contributed by atoms with Crippen LogP contribution in [0.1, 0.15) is 24.9 Å². The number of anilines is 1. The van der Waals surface area contributed by atoms with E-state index >= 15 is 0 Å². The van der Waals surface area contributed by atoms with Crippen molar-refractivity contribution < 1.29 is 14.3 Å². The molecule has 3 rings (SSSR count). The highest BCUT2D eigenvalue weighted by molar-refractivity contribution is 6.30. The SMILES string of the molecule is C[C@H](NC(=O)CN1C(=O)CCOc2ccccc21)c1ccc(Cl)cc1. The lowest BCUT2D eigenvalue weighted by atomic mass is 10.1. The molecule has 0 aliphatic carbocycles. The van der Waals surface area contributed by atoms with Gasteiger partial charge in [0.15, 0.2) is 0 Å². The predicted octanol–water partition coefficient (Wildman–Crippen LogP) is 3.33. The van der Waals surface area contributed by atoms with Crippen molar-refractivity contribution >= 4 is 29.1 Å². The average molecular weight is 359 g/mol. The molecule has 0 unspecified atom stereocenters. The second-order valence-electron chi connectivity index (χ2n) is 5.89. The van der Waals surface area contributed by atoms with E-state index in [-0.39, 0.29) is 30.8 Å². The minimum atomic E-state index is -0.229. The topological polar surface area (TPSA) is 58.6 Å². The van der Waals surface area contributed by atoms with Gasteiger partial charge in [-0.1, -0.05) is 35.9 Å². The summed E-state index contributed by atoms with van der Waals surface area (Å²) in [7, 11) is 0. The Balaban J connectivity index is 1.71. The van der Waals surface area contributed by atoms with Crippen LogP contribution in [0.4, 0.5) is 5.69 Å². The van der Waals surface area contributed by atoms with Crippen LogP contribution in [0, 0.1) is 0 Å². The first-order chi connectivity index (χ1) is 12.0. The molecule has 130 valence electrons. The number of carbonyl (C=O) groups excluding carboxylic acids is 2. The van der Waals surface area contributed by atoms with Gasteiger partial charge in [-0.25, -0.2) is 0 Å². The van der Waals surface area contributed by atoms with Crippen LogP contribution in [0.15, 0.2) is 48.5 Å². The molecule has 1 N–H and O–H groups in total. The van der Waals surface area contributed by atoms with E-state index in [4.69, 9.17) is 16.3 Å². The second kappa shape index (κ2) is 7.57. The summed E-state index contributed by atoms with van der Waals surface area (Å²) in [6.45, 7) is 2.16. The van der Waals surface area contributed by atoms with Crippen molar-refractivity contribution in [1.29, 1.82) is 0 Å². The molecule has 1 aliphatic heterocycles. The van der Waals surface area contributed by atoms with Crippen LogP contribution in [-0.2, 0) is 9.59 Å². The van der Waals surface area contributed by atoms with Crippen LogP contribution < -0.4 is 15.0 Å². The Morgan fingerprint density at radius 3 is 2.72 bits per heavy atom. The molecule has 5 nitrogen and oxygen atoms in total. The van der Waals surface area contributed by atoms with E-state index in [0.717, 1.165) is 5.56 Å². The minimum absolute atomic E-state index is 0.0445. The Labute approximate surface area is 151 Å². The minimum Gasteiger partial charge on any atom is -0.491 e. The standard InChI is InChI=1S/C19H19ClN2O3/c1-13(14-6-8-15(20)9-7-14)21-18(23)12-22-16-4-2-3-5-17(16)25-11-10-19(22)24/h2-9,13H,10-12H2,1H3,(H,21,23)/t13-/m0/s1. The molecule has 0 saturated heterocycles. The lowest BCUT2D eigenvalue weighted by molar-refractivity contribution is -0.124. The van der Waals surface area contributed by atoms with Gasteiger partial charge in [0.1, 0.15) is 12.3 Å². The van der Waals surface area contributed by atoms with Gasteiger partial charge < -0.3 is 10.1 Å². The zero-order chi connectivity index (χ0) is 17.8. The first-order valence-corrected chi connectivity index (χ1v) is 8.49. The summed E-state index contributed by atoms with van der Waals surface area (Å²) in [4.78, 5) is 26.3. The number of nitrogens with zero attached hydrogens (tertiary/aromatic N) is 1. The number of ether oxygens (including phenoxy) is 1. The first-order valence-electron chi connectivity index (χ1n) is 8.11. The van der Waals surface area contributed by atoms with E-state index in [9.17, 15) is 9.59 Å². The van der Waals surface area contributed by atoms with Crippen molar-refractivity contribution in [2.75, 3.05) is 18.1 Å². The van der Waals surface area contributed by atoms with Crippen LogP contribution in [0.25, 0.3) is 0 Å². The van der Waals surface area contributed by atoms with E-state index in [1.54, 1.807) is 24.3 Å². The number of fused-ring (bicyclic) bond motifs is 1. The fourth-order valence-corrected chi connectivity index (χ4v) is 2.88. The average Bonchev–Trinajstić information content (AvgIpc) is 2.75. The van der Waals surface area contributed by atoms with Gasteiger partial charge in [-0.3, -0.25) is 14.5 Å². The Hall–Kier alpha value is -2.53. The summed E-state index contributed by atoms with van der Waals surface area (Å²) in [5.74, 6) is 0.263. The molecular formula is C19H19ClN2O3. The number of amides is 2. The molecule has 1 atom stereocenters. The quantitative estimate of drug-likeness (QED) is 0.912. The van der Waals surface area contributed by atoms with Crippen molar-refractivity contribution in [3.05, 3.63) is 59.1 Å². The van der Waals surface area contributed by atoms with Gasteiger partial charge >= 0.3 is 0 Å². The van der Waals surface area contributed by atoms with Crippen molar-refractivity contribution in [2.45, 2.75) is 19.4 Å². The highest BCUT2D eigenvalue weighted by Gasteiger charge is 2.25. The van der Waals surface area contributed by atoms with Crippen molar-refractivity contribution in [3.63, 3.8) is 0 Å². The third kappa shape index (κ3) is 4.12. The number of hydrogen-bond donors (Lipinski definition) is 1. The third-order valence-electron chi connectivity index (χ3n) is 4.08. The first kappa shape index (κ1) is 17.3. The lowest BCUT2D eigenvalue weighted by Crippen LogP contribution is -2.41. The molecule has 25 heavy (non-hydrogen) atoms. The molecule has 2 amide bonds. The van der Waals surface area contributed by atoms with Gasteiger partial charge in [-0.15, -0.1) is 0 Å². The summed E-state index contributed by atoms with van der Waals surface area (Å²) >= 11 is 5.89. The van der Waals surface area contributed by atoms with Crippen LogP contribution in [0.5, 0.6) is 5.75 Å². The number of hydrogen-bond acceptors (Lipinski definition) is 3. The molecule has 2 aromatic carbocycles. The maximum atomic E-state index is 12.5. The van der Waals surface area contributed by atoms with Gasteiger partial charge in [-0.05, 0) is 36.8 Å². The molecule has 0 bridgehead atoms. The Morgan fingerprint density at radius 1 is 1.24 bits per heavy atom. The maximum absolute atomic E-state index is 12.5. The van der Waals surface area contributed by atoms with Gasteiger partial charge in [0, 0.05) is 5.02 Å². The van der Waals surface area contributed by atoms with Gasteiger partial charge in [0.25, 0.3) is 0 Å². The highest BCUT2D eigenvalue weighted by atomic mass is 35.5. The van der Waals surface area contributed by atoms with E-state index in [1.165, 1.54) is 4.90 Å². The Bertz CT molecular complexity index is 776. The molecule has 1 heterocycles. The van der Waals surface area contributed by atoms with Gasteiger partial charge in [-0.2, -0.15) is 0 Å². The van der Waals surface area contributed by atoms with E-state index in [2.05, 4.69) is 5.32 Å². The normalized spacial score (nSPS) is 15.0. The fourth-order valence-electron chi connectivity index (χ4n) is 2.76. The third-order valence-corrected chi connectivity index (χ3v) is 4.33. The van der Waals surface area contributed by atoms with Gasteiger partial charge in [0.2, 0.25) is 11.8 Å². The summed E-state index contributed by atoms with van der Waals surface area (Å²) in [5.41, 5.74) is 1.57. The summed E-state index contributed by atoms with van der Waals surface area (Å²) in [5, 5.41) is 3.57. The summed E-state index contributed by atoms with van der Waals surface area (Å²) in [6.07, 6.45) is 0.245. The summed E-state index contributed by atoms with van der Waals surface area (Å²) < 4.78 is 5.59. The Kier molecular flexibility index (Phi) is 5.24.